The summed E-state index contributed by atoms with van der Waals surface area (Å²) < 4.78 is 6.97. The Morgan fingerprint density at radius 2 is 2.04 bits per heavy atom. The van der Waals surface area contributed by atoms with Gasteiger partial charge in [0.25, 0.3) is 0 Å². The summed E-state index contributed by atoms with van der Waals surface area (Å²) in [5.41, 5.74) is 2.46. The van der Waals surface area contributed by atoms with E-state index < -0.39 is 0 Å². The van der Waals surface area contributed by atoms with E-state index in [1.54, 1.807) is 54.8 Å². The molecule has 0 amide bonds. The molecule has 0 aliphatic carbocycles. The number of hydrogen-bond donors (Lipinski definition) is 0. The topological polar surface area (TPSA) is 68.3 Å². The SMILES string of the molecule is Cc1nc2ccc(Cl)cn2c1N=Nc1cccc(C(=O)OC(C)C)c1. The van der Waals surface area contributed by atoms with Gasteiger partial charge in [0.2, 0.25) is 0 Å². The number of ether oxygens (including phenoxy) is 1. The normalized spacial score (nSPS) is 11.6. The molecule has 3 rings (SSSR count). The van der Waals surface area contributed by atoms with Crippen LogP contribution in [-0.4, -0.2) is 21.5 Å². The van der Waals surface area contributed by atoms with E-state index in [4.69, 9.17) is 16.3 Å². The van der Waals surface area contributed by atoms with Crippen molar-refractivity contribution in [1.29, 1.82) is 0 Å². The Kier molecular flexibility index (Phi) is 4.81. The lowest BCUT2D eigenvalue weighted by atomic mass is 10.2. The van der Waals surface area contributed by atoms with Crippen molar-refractivity contribution in [2.45, 2.75) is 26.9 Å². The number of fused-ring (bicyclic) bond motifs is 1. The van der Waals surface area contributed by atoms with Crippen LogP contribution in [0.5, 0.6) is 0 Å². The highest BCUT2D eigenvalue weighted by molar-refractivity contribution is 6.30. The average Bonchev–Trinajstić information content (AvgIpc) is 2.87. The van der Waals surface area contributed by atoms with Gasteiger partial charge in [-0.3, -0.25) is 4.40 Å². The fraction of sp³-hybridized carbons (Fsp3) is 0.222. The lowest BCUT2D eigenvalue weighted by Crippen LogP contribution is -2.11. The van der Waals surface area contributed by atoms with Crippen LogP contribution in [0.4, 0.5) is 11.5 Å². The van der Waals surface area contributed by atoms with E-state index in [-0.39, 0.29) is 12.1 Å². The number of halogens is 1. The summed E-state index contributed by atoms with van der Waals surface area (Å²) in [5, 5.41) is 9.09. The van der Waals surface area contributed by atoms with Crippen molar-refractivity contribution in [2.24, 2.45) is 10.2 Å². The minimum atomic E-state index is -0.384. The number of rotatable bonds is 4. The molecule has 0 unspecified atom stereocenters. The number of azo groups is 1. The van der Waals surface area contributed by atoms with Crippen LogP contribution in [0.3, 0.4) is 0 Å². The maximum atomic E-state index is 12.0. The van der Waals surface area contributed by atoms with Gasteiger partial charge in [-0.1, -0.05) is 17.7 Å². The molecule has 6 nitrogen and oxygen atoms in total. The van der Waals surface area contributed by atoms with Gasteiger partial charge in [-0.15, -0.1) is 10.2 Å². The van der Waals surface area contributed by atoms with E-state index >= 15 is 0 Å². The van der Waals surface area contributed by atoms with E-state index in [1.807, 2.05) is 13.0 Å². The Morgan fingerprint density at radius 3 is 2.80 bits per heavy atom. The van der Waals surface area contributed by atoms with Crippen LogP contribution in [0.1, 0.15) is 29.9 Å². The number of hydrogen-bond acceptors (Lipinski definition) is 5. The van der Waals surface area contributed by atoms with Gasteiger partial charge >= 0.3 is 5.97 Å². The number of pyridine rings is 1. The van der Waals surface area contributed by atoms with Crippen molar-refractivity contribution in [3.05, 3.63) is 58.9 Å². The number of carbonyl (C=O) groups excluding carboxylic acids is 1. The second-order valence-corrected chi connectivity index (χ2v) is 6.24. The van der Waals surface area contributed by atoms with E-state index in [0.717, 1.165) is 11.3 Å². The molecule has 0 fully saturated rings. The van der Waals surface area contributed by atoms with Gasteiger partial charge in [0.1, 0.15) is 5.65 Å². The van der Waals surface area contributed by atoms with Crippen LogP contribution in [-0.2, 0) is 4.74 Å². The first-order valence-corrected chi connectivity index (χ1v) is 8.19. The number of aromatic nitrogens is 2. The van der Waals surface area contributed by atoms with Gasteiger partial charge in [-0.2, -0.15) is 0 Å². The maximum Gasteiger partial charge on any atom is 0.338 e. The second-order valence-electron chi connectivity index (χ2n) is 5.80. The fourth-order valence-corrected chi connectivity index (χ4v) is 2.49. The zero-order valence-corrected chi connectivity index (χ0v) is 14.9. The minimum Gasteiger partial charge on any atom is -0.459 e. The summed E-state index contributed by atoms with van der Waals surface area (Å²) in [7, 11) is 0. The number of imidazole rings is 1. The number of benzene rings is 1. The molecule has 2 heterocycles. The lowest BCUT2D eigenvalue weighted by Gasteiger charge is -2.07. The third-order valence-electron chi connectivity index (χ3n) is 3.41. The Morgan fingerprint density at radius 1 is 1.24 bits per heavy atom. The number of carbonyl (C=O) groups is 1. The monoisotopic (exact) mass is 356 g/mol. The minimum absolute atomic E-state index is 0.177. The van der Waals surface area contributed by atoms with Crippen LogP contribution in [0.25, 0.3) is 5.65 Å². The molecule has 0 bridgehead atoms. The Bertz CT molecular complexity index is 963. The lowest BCUT2D eigenvalue weighted by molar-refractivity contribution is 0.0378. The predicted molar refractivity (Wildman–Crippen MR) is 96.1 cm³/mol. The van der Waals surface area contributed by atoms with Crippen molar-refractivity contribution >= 4 is 34.7 Å². The molecule has 0 spiro atoms. The third-order valence-corrected chi connectivity index (χ3v) is 3.63. The molecule has 0 aliphatic heterocycles. The highest BCUT2D eigenvalue weighted by atomic mass is 35.5. The van der Waals surface area contributed by atoms with Crippen LogP contribution in [0.2, 0.25) is 5.02 Å². The molecule has 2 aromatic heterocycles. The smallest absolute Gasteiger partial charge is 0.338 e. The van der Waals surface area contributed by atoms with Gasteiger partial charge in [0.05, 0.1) is 28.1 Å². The molecule has 0 atom stereocenters. The van der Waals surface area contributed by atoms with Crippen LogP contribution >= 0.6 is 11.6 Å². The van der Waals surface area contributed by atoms with Gasteiger partial charge in [-0.05, 0) is 51.1 Å². The fourth-order valence-electron chi connectivity index (χ4n) is 2.33. The highest BCUT2D eigenvalue weighted by Crippen LogP contribution is 2.25. The maximum absolute atomic E-state index is 12.0. The summed E-state index contributed by atoms with van der Waals surface area (Å²) in [6.07, 6.45) is 1.56. The Hall–Kier alpha value is -2.73. The Balaban J connectivity index is 1.91. The van der Waals surface area contributed by atoms with Crippen molar-refractivity contribution in [1.82, 2.24) is 9.38 Å². The van der Waals surface area contributed by atoms with Gasteiger partial charge < -0.3 is 4.74 Å². The molecule has 0 N–H and O–H groups in total. The summed E-state index contributed by atoms with van der Waals surface area (Å²) in [6, 6.07) is 10.4. The van der Waals surface area contributed by atoms with Crippen LogP contribution < -0.4 is 0 Å². The molecule has 0 radical (unpaired) electrons. The third kappa shape index (κ3) is 3.85. The molecule has 0 aliphatic rings. The van der Waals surface area contributed by atoms with E-state index in [2.05, 4.69) is 15.2 Å². The van der Waals surface area contributed by atoms with Crippen LogP contribution in [0.15, 0.2) is 52.8 Å². The van der Waals surface area contributed by atoms with Gasteiger partial charge in [0.15, 0.2) is 5.82 Å². The van der Waals surface area contributed by atoms with Gasteiger partial charge in [-0.25, -0.2) is 9.78 Å². The zero-order valence-electron chi connectivity index (χ0n) is 14.1. The number of aryl methyl sites for hydroxylation is 1. The summed E-state index contributed by atoms with van der Waals surface area (Å²) >= 11 is 6.04. The van der Waals surface area contributed by atoms with E-state index in [1.165, 1.54) is 0 Å². The number of esters is 1. The van der Waals surface area contributed by atoms with Crippen molar-refractivity contribution in [3.63, 3.8) is 0 Å². The van der Waals surface area contributed by atoms with E-state index in [9.17, 15) is 4.79 Å². The molecule has 25 heavy (non-hydrogen) atoms. The van der Waals surface area contributed by atoms with Crippen molar-refractivity contribution in [3.8, 4) is 0 Å². The molecular weight excluding hydrogens is 340 g/mol. The molecule has 7 heteroatoms. The second kappa shape index (κ2) is 7.03. The molecular formula is C18H17ClN4O2. The highest BCUT2D eigenvalue weighted by Gasteiger charge is 2.11. The average molecular weight is 357 g/mol. The summed E-state index contributed by atoms with van der Waals surface area (Å²) in [4.78, 5) is 16.4. The first-order valence-electron chi connectivity index (χ1n) is 7.81. The van der Waals surface area contributed by atoms with Crippen LogP contribution in [0, 0.1) is 6.92 Å². The van der Waals surface area contributed by atoms with Gasteiger partial charge in [0, 0.05) is 6.20 Å². The molecule has 1 aromatic carbocycles. The molecule has 128 valence electrons. The quantitative estimate of drug-likeness (QED) is 0.472. The van der Waals surface area contributed by atoms with Crippen molar-refractivity contribution < 1.29 is 9.53 Å². The zero-order chi connectivity index (χ0) is 18.0. The van der Waals surface area contributed by atoms with Crippen molar-refractivity contribution in [2.75, 3.05) is 0 Å². The molecule has 3 aromatic rings. The first kappa shape index (κ1) is 17.1. The molecule has 0 saturated heterocycles. The summed E-state index contributed by atoms with van der Waals surface area (Å²) in [6.45, 7) is 5.46. The first-order chi connectivity index (χ1) is 11.9. The Labute approximate surface area is 150 Å². The largest absolute Gasteiger partial charge is 0.459 e. The standard InChI is InChI=1S/C18H17ClN4O2/c1-11(2)25-18(24)13-5-4-6-15(9-13)21-22-17-12(3)20-16-8-7-14(19)10-23(16)17/h4-11H,1-3H3. The number of nitrogens with zero attached hydrogens (tertiary/aromatic N) is 4. The summed E-state index contributed by atoms with van der Waals surface area (Å²) in [5.74, 6) is 0.206. The van der Waals surface area contributed by atoms with E-state index in [0.29, 0.717) is 22.1 Å². The predicted octanol–water partition coefficient (Wildman–Crippen LogP) is 5.28. The molecule has 0 saturated carbocycles.